The minimum atomic E-state index is 0.460. The Bertz CT molecular complexity index is 333. The maximum Gasteiger partial charge on any atom is 0.120 e. The highest BCUT2D eigenvalue weighted by molar-refractivity contribution is 9.10. The van der Waals surface area contributed by atoms with Gasteiger partial charge < -0.3 is 14.8 Å². The van der Waals surface area contributed by atoms with Crippen LogP contribution in [-0.2, 0) is 4.74 Å². The van der Waals surface area contributed by atoms with Gasteiger partial charge in [-0.15, -0.1) is 0 Å². The van der Waals surface area contributed by atoms with Gasteiger partial charge in [-0.3, -0.25) is 0 Å². The highest BCUT2D eigenvalue weighted by Crippen LogP contribution is 2.18. The average molecular weight is 316 g/mol. The van der Waals surface area contributed by atoms with Crippen molar-refractivity contribution in [2.75, 3.05) is 26.9 Å². The van der Waals surface area contributed by atoms with Gasteiger partial charge in [-0.2, -0.15) is 0 Å². The summed E-state index contributed by atoms with van der Waals surface area (Å²) in [5.41, 5.74) is 0. The predicted molar refractivity (Wildman–Crippen MR) is 78.2 cm³/mol. The molecule has 0 fully saturated rings. The summed E-state index contributed by atoms with van der Waals surface area (Å²) in [7, 11) is 1.74. The van der Waals surface area contributed by atoms with E-state index < -0.39 is 0 Å². The Balaban J connectivity index is 2.29. The van der Waals surface area contributed by atoms with Gasteiger partial charge in [-0.05, 0) is 37.6 Å². The molecule has 0 saturated heterocycles. The molecule has 3 nitrogen and oxygen atoms in total. The minimum absolute atomic E-state index is 0.460. The second kappa shape index (κ2) is 9.36. The molecule has 102 valence electrons. The van der Waals surface area contributed by atoms with E-state index in [4.69, 9.17) is 9.47 Å². The summed E-state index contributed by atoms with van der Waals surface area (Å²) in [6.45, 7) is 4.60. The van der Waals surface area contributed by atoms with E-state index in [0.717, 1.165) is 42.8 Å². The summed E-state index contributed by atoms with van der Waals surface area (Å²) in [6, 6.07) is 8.39. The van der Waals surface area contributed by atoms with Crippen LogP contribution >= 0.6 is 15.9 Å². The molecule has 18 heavy (non-hydrogen) atoms. The molecule has 0 aromatic heterocycles. The third-order valence-corrected chi connectivity index (χ3v) is 3.19. The predicted octanol–water partition coefficient (Wildman–Crippen LogP) is 3.23. The zero-order valence-corrected chi connectivity index (χ0v) is 12.7. The number of hydrogen-bond acceptors (Lipinski definition) is 3. The third-order valence-electron chi connectivity index (χ3n) is 2.69. The monoisotopic (exact) mass is 315 g/mol. The Morgan fingerprint density at radius 3 is 2.72 bits per heavy atom. The van der Waals surface area contributed by atoms with Gasteiger partial charge in [0.25, 0.3) is 0 Å². The first-order chi connectivity index (χ1) is 8.76. The Kier molecular flexibility index (Phi) is 8.05. The molecule has 0 saturated carbocycles. The van der Waals surface area contributed by atoms with E-state index in [0.29, 0.717) is 6.04 Å². The van der Waals surface area contributed by atoms with E-state index in [9.17, 15) is 0 Å². The van der Waals surface area contributed by atoms with Crippen LogP contribution in [0.4, 0.5) is 0 Å². The Hall–Kier alpha value is -0.580. The van der Waals surface area contributed by atoms with E-state index in [2.05, 4.69) is 28.2 Å². The first kappa shape index (κ1) is 15.5. The fourth-order valence-corrected chi connectivity index (χ4v) is 2.15. The number of rotatable bonds is 9. The number of benzene rings is 1. The molecule has 0 spiro atoms. The van der Waals surface area contributed by atoms with Crippen molar-refractivity contribution < 1.29 is 9.47 Å². The summed E-state index contributed by atoms with van der Waals surface area (Å²) in [5, 5.41) is 3.45. The smallest absolute Gasteiger partial charge is 0.120 e. The molecule has 0 heterocycles. The van der Waals surface area contributed by atoms with E-state index in [1.807, 2.05) is 24.3 Å². The summed E-state index contributed by atoms with van der Waals surface area (Å²) in [4.78, 5) is 0. The van der Waals surface area contributed by atoms with Crippen molar-refractivity contribution in [1.82, 2.24) is 5.32 Å². The zero-order valence-electron chi connectivity index (χ0n) is 11.1. The average Bonchev–Trinajstić information content (AvgIpc) is 2.36. The second-order valence-electron chi connectivity index (χ2n) is 4.13. The number of ether oxygens (including phenoxy) is 2. The second-order valence-corrected chi connectivity index (χ2v) is 5.05. The molecule has 4 heteroatoms. The van der Waals surface area contributed by atoms with Crippen molar-refractivity contribution in [3.05, 3.63) is 28.7 Å². The van der Waals surface area contributed by atoms with Gasteiger partial charge in [0.05, 0.1) is 6.61 Å². The van der Waals surface area contributed by atoms with Crippen LogP contribution in [0.3, 0.4) is 0 Å². The maximum absolute atomic E-state index is 5.73. The number of hydrogen-bond donors (Lipinski definition) is 1. The standard InChI is InChI=1S/C14H22BrNO2/c1-3-16-13(7-9-17-2)8-10-18-14-6-4-5-12(15)11-14/h4-6,11,13,16H,3,7-10H2,1-2H3. The van der Waals surface area contributed by atoms with Crippen molar-refractivity contribution in [3.8, 4) is 5.75 Å². The molecule has 1 aromatic rings. The van der Waals surface area contributed by atoms with E-state index in [1.165, 1.54) is 0 Å². The molecule has 0 amide bonds. The van der Waals surface area contributed by atoms with Crippen molar-refractivity contribution in [3.63, 3.8) is 0 Å². The van der Waals surface area contributed by atoms with Crippen molar-refractivity contribution in [1.29, 1.82) is 0 Å². The van der Waals surface area contributed by atoms with E-state index in [-0.39, 0.29) is 0 Å². The molecule has 0 aliphatic heterocycles. The van der Waals surface area contributed by atoms with Crippen LogP contribution in [0.25, 0.3) is 0 Å². The molecular weight excluding hydrogens is 294 g/mol. The molecule has 0 radical (unpaired) electrons. The quantitative estimate of drug-likeness (QED) is 0.759. The van der Waals surface area contributed by atoms with Gasteiger partial charge in [0.1, 0.15) is 5.75 Å². The van der Waals surface area contributed by atoms with Crippen LogP contribution < -0.4 is 10.1 Å². The lowest BCUT2D eigenvalue weighted by atomic mass is 10.1. The molecule has 0 bridgehead atoms. The Labute approximate surface area is 118 Å². The van der Waals surface area contributed by atoms with Gasteiger partial charge in [0.2, 0.25) is 0 Å². The molecule has 1 unspecified atom stereocenters. The summed E-state index contributed by atoms with van der Waals surface area (Å²) in [6.07, 6.45) is 2.01. The highest BCUT2D eigenvalue weighted by Gasteiger charge is 2.07. The molecule has 0 aliphatic carbocycles. The first-order valence-electron chi connectivity index (χ1n) is 6.37. The fraction of sp³-hybridized carbons (Fsp3) is 0.571. The van der Waals surface area contributed by atoms with Crippen molar-refractivity contribution in [2.45, 2.75) is 25.8 Å². The zero-order chi connectivity index (χ0) is 13.2. The largest absolute Gasteiger partial charge is 0.493 e. The minimum Gasteiger partial charge on any atom is -0.493 e. The summed E-state index contributed by atoms with van der Waals surface area (Å²) < 4.78 is 11.9. The number of methoxy groups -OCH3 is 1. The normalized spacial score (nSPS) is 12.4. The first-order valence-corrected chi connectivity index (χ1v) is 7.16. The van der Waals surface area contributed by atoms with Gasteiger partial charge in [0, 0.05) is 24.2 Å². The molecular formula is C14H22BrNO2. The molecule has 1 N–H and O–H groups in total. The fourth-order valence-electron chi connectivity index (χ4n) is 1.77. The topological polar surface area (TPSA) is 30.5 Å². The van der Waals surface area contributed by atoms with Crippen LogP contribution in [0.5, 0.6) is 5.75 Å². The van der Waals surface area contributed by atoms with Crippen LogP contribution in [0.1, 0.15) is 19.8 Å². The molecule has 0 aliphatic rings. The SMILES string of the molecule is CCNC(CCOC)CCOc1cccc(Br)c1. The van der Waals surface area contributed by atoms with E-state index >= 15 is 0 Å². The van der Waals surface area contributed by atoms with Gasteiger partial charge >= 0.3 is 0 Å². The van der Waals surface area contributed by atoms with Crippen LogP contribution in [0.2, 0.25) is 0 Å². The lowest BCUT2D eigenvalue weighted by molar-refractivity contribution is 0.175. The summed E-state index contributed by atoms with van der Waals surface area (Å²) >= 11 is 3.43. The summed E-state index contributed by atoms with van der Waals surface area (Å²) in [5.74, 6) is 0.909. The molecule has 1 rings (SSSR count). The Morgan fingerprint density at radius 2 is 2.06 bits per heavy atom. The van der Waals surface area contributed by atoms with Crippen LogP contribution in [0.15, 0.2) is 28.7 Å². The molecule has 1 atom stereocenters. The van der Waals surface area contributed by atoms with Crippen molar-refractivity contribution >= 4 is 15.9 Å². The lowest BCUT2D eigenvalue weighted by Gasteiger charge is -2.17. The highest BCUT2D eigenvalue weighted by atomic mass is 79.9. The maximum atomic E-state index is 5.73. The molecule has 1 aromatic carbocycles. The van der Waals surface area contributed by atoms with Gasteiger partial charge in [0.15, 0.2) is 0 Å². The number of halogens is 1. The third kappa shape index (κ3) is 6.38. The van der Waals surface area contributed by atoms with Gasteiger partial charge in [-0.25, -0.2) is 0 Å². The lowest BCUT2D eigenvalue weighted by Crippen LogP contribution is -2.31. The Morgan fingerprint density at radius 1 is 1.28 bits per heavy atom. The van der Waals surface area contributed by atoms with E-state index in [1.54, 1.807) is 7.11 Å². The van der Waals surface area contributed by atoms with Crippen LogP contribution in [0, 0.1) is 0 Å². The van der Waals surface area contributed by atoms with Gasteiger partial charge in [-0.1, -0.05) is 28.9 Å². The van der Waals surface area contributed by atoms with Crippen LogP contribution in [-0.4, -0.2) is 32.9 Å². The van der Waals surface area contributed by atoms with Crippen molar-refractivity contribution in [2.24, 2.45) is 0 Å². The number of nitrogens with one attached hydrogen (secondary N) is 1.